The van der Waals surface area contributed by atoms with E-state index in [2.05, 4.69) is 203 Å². The lowest BCUT2D eigenvalue weighted by atomic mass is 9.96. The molecule has 0 unspecified atom stereocenters. The Bertz CT molecular complexity index is 3500. The van der Waals surface area contributed by atoms with Crippen LogP contribution in [-0.4, -0.2) is 19.1 Å². The summed E-state index contributed by atoms with van der Waals surface area (Å²) < 4.78 is 4.86. The fourth-order valence-corrected chi connectivity index (χ4v) is 9.06. The van der Waals surface area contributed by atoms with Crippen molar-refractivity contribution in [3.8, 4) is 45.3 Å². The highest BCUT2D eigenvalue weighted by Crippen LogP contribution is 2.44. The van der Waals surface area contributed by atoms with E-state index in [0.29, 0.717) is 5.82 Å². The van der Waals surface area contributed by atoms with E-state index in [1.807, 2.05) is 12.1 Å². The van der Waals surface area contributed by atoms with Gasteiger partial charge in [-0.1, -0.05) is 152 Å². The molecule has 0 N–H and O–H groups in total. The normalized spacial score (nSPS) is 11.8. The predicted octanol–water partition coefficient (Wildman–Crippen LogP) is 14.0. The molecular weight excluding hydrogens is 705 g/mol. The quantitative estimate of drug-likeness (QED) is 0.176. The maximum Gasteiger partial charge on any atom is 0.160 e. The first-order valence-electron chi connectivity index (χ1n) is 19.7. The minimum atomic E-state index is 0.698. The molecule has 3 aromatic heterocycles. The van der Waals surface area contributed by atoms with Crippen LogP contribution in [0.3, 0.4) is 0 Å². The van der Waals surface area contributed by atoms with Crippen molar-refractivity contribution < 1.29 is 0 Å². The van der Waals surface area contributed by atoms with Crippen LogP contribution in [0.2, 0.25) is 0 Å². The first-order chi connectivity index (χ1) is 28.8. The second kappa shape index (κ2) is 12.9. The van der Waals surface area contributed by atoms with Crippen LogP contribution in [0.4, 0.5) is 0 Å². The van der Waals surface area contributed by atoms with Crippen molar-refractivity contribution in [2.24, 2.45) is 0 Å². The molecule has 3 heterocycles. The lowest BCUT2D eigenvalue weighted by Gasteiger charge is -2.16. The molecule has 0 aliphatic rings. The Morgan fingerprint density at radius 1 is 0.310 bits per heavy atom. The van der Waals surface area contributed by atoms with E-state index in [-0.39, 0.29) is 0 Å². The molecule has 9 aromatic carbocycles. The minimum absolute atomic E-state index is 0.698. The van der Waals surface area contributed by atoms with Gasteiger partial charge >= 0.3 is 0 Å². The van der Waals surface area contributed by atoms with Gasteiger partial charge in [0.25, 0.3) is 0 Å². The van der Waals surface area contributed by atoms with Crippen molar-refractivity contribution in [2.45, 2.75) is 0 Å². The molecule has 4 heteroatoms. The van der Waals surface area contributed by atoms with Gasteiger partial charge in [0.05, 0.1) is 33.5 Å². The molecule has 0 amide bonds. The van der Waals surface area contributed by atoms with Crippen molar-refractivity contribution in [2.75, 3.05) is 0 Å². The van der Waals surface area contributed by atoms with E-state index < -0.39 is 0 Å². The molecule has 0 aliphatic carbocycles. The van der Waals surface area contributed by atoms with Crippen LogP contribution in [0.15, 0.2) is 206 Å². The van der Waals surface area contributed by atoms with Crippen LogP contribution in [-0.2, 0) is 0 Å². The molecule has 0 saturated heterocycles. The van der Waals surface area contributed by atoms with Gasteiger partial charge in [0, 0.05) is 49.6 Å². The van der Waals surface area contributed by atoms with Crippen LogP contribution in [0.1, 0.15) is 0 Å². The van der Waals surface area contributed by atoms with Crippen molar-refractivity contribution in [1.29, 1.82) is 0 Å². The van der Waals surface area contributed by atoms with Gasteiger partial charge in [0.15, 0.2) is 5.82 Å². The lowest BCUT2D eigenvalue weighted by molar-refractivity contribution is 1.16. The summed E-state index contributed by atoms with van der Waals surface area (Å²) >= 11 is 0. The lowest BCUT2D eigenvalue weighted by Crippen LogP contribution is -2.00. The molecule has 12 rings (SSSR count). The summed E-state index contributed by atoms with van der Waals surface area (Å²) in [5, 5.41) is 9.58. The van der Waals surface area contributed by atoms with Crippen LogP contribution < -0.4 is 0 Å². The first kappa shape index (κ1) is 32.4. The highest BCUT2D eigenvalue weighted by molar-refractivity contribution is 6.21. The smallest absolute Gasteiger partial charge is 0.160 e. The summed E-state index contributed by atoms with van der Waals surface area (Å²) in [6, 6.07) is 73.9. The van der Waals surface area contributed by atoms with E-state index in [9.17, 15) is 0 Å². The maximum absolute atomic E-state index is 5.43. The summed E-state index contributed by atoms with van der Waals surface area (Å²) in [6.45, 7) is 0. The summed E-state index contributed by atoms with van der Waals surface area (Å²) in [5.74, 6) is 0.698. The SMILES string of the molecule is c1ccc(-c2cc(-c3c4ccccc4cc4c5ccccc5n(-c5ccc6c(c5)c5ccccc5n6-c5ccc6ccccc6c5)c34)nc(-c3ccccc3)n2)cc1. The second-order valence-electron chi connectivity index (χ2n) is 15.0. The fourth-order valence-electron chi connectivity index (χ4n) is 9.06. The van der Waals surface area contributed by atoms with Gasteiger partial charge in [-0.2, -0.15) is 0 Å². The number of hydrogen-bond acceptors (Lipinski definition) is 2. The largest absolute Gasteiger partial charge is 0.309 e. The first-order valence-corrected chi connectivity index (χ1v) is 19.7. The van der Waals surface area contributed by atoms with E-state index in [1.165, 1.54) is 48.7 Å². The molecule has 270 valence electrons. The summed E-state index contributed by atoms with van der Waals surface area (Å²) in [7, 11) is 0. The zero-order valence-corrected chi connectivity index (χ0v) is 31.4. The second-order valence-corrected chi connectivity index (χ2v) is 15.0. The third-order valence-electron chi connectivity index (χ3n) is 11.7. The summed E-state index contributed by atoms with van der Waals surface area (Å²) in [5.41, 5.74) is 11.7. The molecule has 0 atom stereocenters. The molecule has 0 aliphatic heterocycles. The number of para-hydroxylation sites is 2. The van der Waals surface area contributed by atoms with Gasteiger partial charge < -0.3 is 9.13 Å². The number of fused-ring (bicyclic) bond motifs is 8. The van der Waals surface area contributed by atoms with Crippen LogP contribution in [0, 0.1) is 0 Å². The van der Waals surface area contributed by atoms with Crippen LogP contribution in [0.5, 0.6) is 0 Å². The summed E-state index contributed by atoms with van der Waals surface area (Å²) in [4.78, 5) is 10.6. The van der Waals surface area contributed by atoms with Gasteiger partial charge in [-0.05, 0) is 76.1 Å². The molecule has 12 aromatic rings. The highest BCUT2D eigenvalue weighted by Gasteiger charge is 2.23. The highest BCUT2D eigenvalue weighted by atomic mass is 15.0. The Hall–Kier alpha value is -7.82. The van der Waals surface area contributed by atoms with E-state index in [0.717, 1.165) is 55.9 Å². The number of hydrogen-bond donors (Lipinski definition) is 0. The van der Waals surface area contributed by atoms with E-state index in [4.69, 9.17) is 9.97 Å². The van der Waals surface area contributed by atoms with Gasteiger partial charge in [0.1, 0.15) is 0 Å². The van der Waals surface area contributed by atoms with Gasteiger partial charge in [-0.25, -0.2) is 9.97 Å². The van der Waals surface area contributed by atoms with E-state index in [1.54, 1.807) is 0 Å². The zero-order chi connectivity index (χ0) is 38.2. The Morgan fingerprint density at radius 3 is 1.64 bits per heavy atom. The Balaban J connectivity index is 1.18. The van der Waals surface area contributed by atoms with Crippen LogP contribution >= 0.6 is 0 Å². The Labute approximate surface area is 334 Å². The molecule has 0 bridgehead atoms. The zero-order valence-electron chi connectivity index (χ0n) is 31.4. The third-order valence-corrected chi connectivity index (χ3v) is 11.7. The van der Waals surface area contributed by atoms with Crippen LogP contribution in [0.25, 0.3) is 110 Å². The van der Waals surface area contributed by atoms with E-state index >= 15 is 0 Å². The predicted molar refractivity (Wildman–Crippen MR) is 242 cm³/mol. The van der Waals surface area contributed by atoms with Crippen molar-refractivity contribution in [3.63, 3.8) is 0 Å². The Kier molecular flexibility index (Phi) is 7.20. The molecule has 0 saturated carbocycles. The average Bonchev–Trinajstić information content (AvgIpc) is 3.80. The van der Waals surface area contributed by atoms with Crippen molar-refractivity contribution in [3.05, 3.63) is 206 Å². The average molecular weight is 739 g/mol. The van der Waals surface area contributed by atoms with Gasteiger partial charge in [0.2, 0.25) is 0 Å². The number of nitrogens with zero attached hydrogens (tertiary/aromatic N) is 4. The minimum Gasteiger partial charge on any atom is -0.309 e. The third kappa shape index (κ3) is 5.02. The molecule has 4 nitrogen and oxygen atoms in total. The number of aromatic nitrogens is 4. The molecular formula is C54H34N4. The van der Waals surface area contributed by atoms with Gasteiger partial charge in [-0.3, -0.25) is 0 Å². The summed E-state index contributed by atoms with van der Waals surface area (Å²) in [6.07, 6.45) is 0. The monoisotopic (exact) mass is 738 g/mol. The molecule has 0 spiro atoms. The molecule has 58 heavy (non-hydrogen) atoms. The maximum atomic E-state index is 5.43. The standard InChI is InChI=1S/C54H34N4/c1-3-16-36(17-4-1)47-34-48(56-54(55-47)37-18-5-2-6-19-37)52-42-22-10-9-21-39(42)32-46-44-24-12-14-26-50(44)58(53(46)52)41-29-30-51-45(33-41)43-23-11-13-25-49(43)57(51)40-28-27-35-15-7-8-20-38(35)31-40/h1-34H. The number of rotatable bonds is 5. The number of benzene rings is 9. The van der Waals surface area contributed by atoms with Crippen molar-refractivity contribution in [1.82, 2.24) is 19.1 Å². The fraction of sp³-hybridized carbons (Fsp3) is 0. The molecule has 0 radical (unpaired) electrons. The van der Waals surface area contributed by atoms with Crippen molar-refractivity contribution >= 4 is 65.2 Å². The van der Waals surface area contributed by atoms with Gasteiger partial charge in [-0.15, -0.1) is 0 Å². The topological polar surface area (TPSA) is 35.6 Å². The Morgan fingerprint density at radius 2 is 0.862 bits per heavy atom. The molecule has 0 fully saturated rings.